The molecule has 3 heteroatoms. The van der Waals surface area contributed by atoms with Crippen molar-refractivity contribution < 1.29 is 4.79 Å². The number of amides is 1. The summed E-state index contributed by atoms with van der Waals surface area (Å²) < 4.78 is 0. The van der Waals surface area contributed by atoms with Crippen LogP contribution in [-0.2, 0) is 4.79 Å². The van der Waals surface area contributed by atoms with Crippen LogP contribution in [0.3, 0.4) is 0 Å². The van der Waals surface area contributed by atoms with Gasteiger partial charge in [-0.1, -0.05) is 34.1 Å². The van der Waals surface area contributed by atoms with E-state index < -0.39 is 0 Å². The molecule has 0 aromatic rings. The van der Waals surface area contributed by atoms with Crippen molar-refractivity contribution in [3.8, 4) is 0 Å². The topological polar surface area (TPSA) is 55.1 Å². The van der Waals surface area contributed by atoms with Gasteiger partial charge in [-0.2, -0.15) is 0 Å². The zero-order valence-corrected chi connectivity index (χ0v) is 10.8. The molecule has 0 aromatic heterocycles. The predicted molar refractivity (Wildman–Crippen MR) is 64.5 cm³/mol. The summed E-state index contributed by atoms with van der Waals surface area (Å²) in [5.74, 6) is 0.911. The molecule has 2 atom stereocenters. The van der Waals surface area contributed by atoms with Gasteiger partial charge in [-0.15, -0.1) is 0 Å². The first-order valence-corrected chi connectivity index (χ1v) is 5.86. The molecule has 0 aliphatic heterocycles. The number of carbonyl (C=O) groups excluding carboxylic acids is 1. The van der Waals surface area contributed by atoms with Crippen LogP contribution in [0.25, 0.3) is 0 Å². The maximum Gasteiger partial charge on any atom is 0.220 e. The quantitative estimate of drug-likeness (QED) is 0.709. The van der Waals surface area contributed by atoms with Gasteiger partial charge in [0, 0.05) is 13.0 Å². The van der Waals surface area contributed by atoms with E-state index in [1.54, 1.807) is 0 Å². The van der Waals surface area contributed by atoms with E-state index in [0.29, 0.717) is 24.8 Å². The van der Waals surface area contributed by atoms with Crippen LogP contribution in [0.4, 0.5) is 0 Å². The van der Waals surface area contributed by atoms with Crippen LogP contribution in [0.15, 0.2) is 0 Å². The Morgan fingerprint density at radius 1 is 1.40 bits per heavy atom. The largest absolute Gasteiger partial charge is 0.349 e. The summed E-state index contributed by atoms with van der Waals surface area (Å²) in [4.78, 5) is 11.7. The summed E-state index contributed by atoms with van der Waals surface area (Å²) in [5, 5.41) is 3.04. The lowest BCUT2D eigenvalue weighted by atomic mass is 9.88. The molecule has 15 heavy (non-hydrogen) atoms. The Morgan fingerprint density at radius 3 is 2.27 bits per heavy atom. The lowest BCUT2D eigenvalue weighted by Crippen LogP contribution is -2.55. The molecule has 0 saturated heterocycles. The van der Waals surface area contributed by atoms with Crippen LogP contribution in [0.1, 0.15) is 47.5 Å². The van der Waals surface area contributed by atoms with E-state index in [9.17, 15) is 4.79 Å². The van der Waals surface area contributed by atoms with Gasteiger partial charge in [0.25, 0.3) is 0 Å². The molecule has 1 amide bonds. The number of hydrogen-bond donors (Lipinski definition) is 2. The molecule has 0 saturated carbocycles. The van der Waals surface area contributed by atoms with Crippen molar-refractivity contribution in [2.75, 3.05) is 6.54 Å². The number of carbonyl (C=O) groups is 1. The molecule has 0 aromatic carbocycles. The van der Waals surface area contributed by atoms with Crippen molar-refractivity contribution in [3.63, 3.8) is 0 Å². The number of nitrogens with one attached hydrogen (secondary N) is 1. The smallest absolute Gasteiger partial charge is 0.220 e. The predicted octanol–water partition coefficient (Wildman–Crippen LogP) is 1.91. The van der Waals surface area contributed by atoms with Crippen LogP contribution in [-0.4, -0.2) is 18.0 Å². The first-order valence-electron chi connectivity index (χ1n) is 5.86. The molecule has 0 rings (SSSR count). The molecule has 2 unspecified atom stereocenters. The van der Waals surface area contributed by atoms with Crippen molar-refractivity contribution >= 4 is 5.91 Å². The van der Waals surface area contributed by atoms with Crippen molar-refractivity contribution in [3.05, 3.63) is 0 Å². The van der Waals surface area contributed by atoms with Crippen LogP contribution in [0.5, 0.6) is 0 Å². The van der Waals surface area contributed by atoms with Crippen LogP contribution in [0.2, 0.25) is 0 Å². The summed E-state index contributed by atoms with van der Waals surface area (Å²) in [5.41, 5.74) is 5.43. The third kappa shape index (κ3) is 4.65. The lowest BCUT2D eigenvalue weighted by molar-refractivity contribution is -0.124. The van der Waals surface area contributed by atoms with Gasteiger partial charge < -0.3 is 11.1 Å². The van der Waals surface area contributed by atoms with Crippen molar-refractivity contribution in [1.29, 1.82) is 0 Å². The van der Waals surface area contributed by atoms with Gasteiger partial charge in [0.05, 0.1) is 5.54 Å². The Kier molecular flexibility index (Phi) is 5.88. The number of rotatable bonds is 6. The first-order chi connectivity index (χ1) is 6.85. The second kappa shape index (κ2) is 6.11. The van der Waals surface area contributed by atoms with E-state index in [0.717, 1.165) is 6.42 Å². The summed E-state index contributed by atoms with van der Waals surface area (Å²) in [6.45, 7) is 10.8. The molecule has 0 fully saturated rings. The molecular formula is C12H26N2O. The van der Waals surface area contributed by atoms with E-state index >= 15 is 0 Å². The van der Waals surface area contributed by atoms with Gasteiger partial charge in [0.1, 0.15) is 0 Å². The van der Waals surface area contributed by atoms with Gasteiger partial charge in [-0.3, -0.25) is 4.79 Å². The van der Waals surface area contributed by atoms with Crippen LogP contribution >= 0.6 is 0 Å². The monoisotopic (exact) mass is 214 g/mol. The number of nitrogens with two attached hydrogens (primary N) is 1. The maximum atomic E-state index is 11.7. The van der Waals surface area contributed by atoms with E-state index in [1.807, 2.05) is 6.92 Å². The van der Waals surface area contributed by atoms with Gasteiger partial charge in [0.15, 0.2) is 0 Å². The summed E-state index contributed by atoms with van der Waals surface area (Å²) in [6, 6.07) is 0. The lowest BCUT2D eigenvalue weighted by Gasteiger charge is -2.34. The van der Waals surface area contributed by atoms with Gasteiger partial charge in [0.2, 0.25) is 5.91 Å². The molecular weight excluding hydrogens is 188 g/mol. The zero-order valence-electron chi connectivity index (χ0n) is 10.8. The van der Waals surface area contributed by atoms with E-state index in [4.69, 9.17) is 5.73 Å². The average Bonchev–Trinajstić information content (AvgIpc) is 2.16. The highest BCUT2D eigenvalue weighted by Crippen LogP contribution is 2.16. The van der Waals surface area contributed by atoms with Crippen LogP contribution in [0, 0.1) is 11.8 Å². The molecule has 90 valence electrons. The van der Waals surface area contributed by atoms with E-state index in [-0.39, 0.29) is 11.4 Å². The first kappa shape index (κ1) is 14.4. The molecule has 0 bridgehead atoms. The average molecular weight is 214 g/mol. The highest BCUT2D eigenvalue weighted by atomic mass is 16.1. The minimum absolute atomic E-state index is 0.117. The molecule has 0 heterocycles. The van der Waals surface area contributed by atoms with Crippen molar-refractivity contribution in [2.24, 2.45) is 17.6 Å². The summed E-state index contributed by atoms with van der Waals surface area (Å²) in [7, 11) is 0. The second-order valence-electron chi connectivity index (χ2n) is 5.04. The van der Waals surface area contributed by atoms with Crippen LogP contribution < -0.4 is 11.1 Å². The van der Waals surface area contributed by atoms with E-state index in [2.05, 4.69) is 33.0 Å². The third-order valence-corrected chi connectivity index (χ3v) is 3.35. The normalized spacial score (nSPS) is 17.3. The molecule has 0 radical (unpaired) electrons. The Morgan fingerprint density at radius 2 is 1.93 bits per heavy atom. The number of hydrogen-bond acceptors (Lipinski definition) is 2. The maximum absolute atomic E-state index is 11.7. The molecule has 0 spiro atoms. The zero-order chi connectivity index (χ0) is 12.1. The minimum atomic E-state index is -0.273. The standard InChI is InChI=1S/C12H26N2O/c1-6-10(4)7-11(15)14-12(5,8-13)9(2)3/h9-10H,6-8,13H2,1-5H3,(H,14,15). The Bertz CT molecular complexity index is 204. The SMILES string of the molecule is CCC(C)CC(=O)NC(C)(CN)C(C)C. The molecule has 3 N–H and O–H groups in total. The summed E-state index contributed by atoms with van der Waals surface area (Å²) in [6.07, 6.45) is 1.63. The second-order valence-corrected chi connectivity index (χ2v) is 5.04. The van der Waals surface area contributed by atoms with Gasteiger partial charge in [-0.25, -0.2) is 0 Å². The minimum Gasteiger partial charge on any atom is -0.349 e. The Labute approximate surface area is 93.8 Å². The summed E-state index contributed by atoms with van der Waals surface area (Å²) >= 11 is 0. The fraction of sp³-hybridized carbons (Fsp3) is 0.917. The van der Waals surface area contributed by atoms with Gasteiger partial charge in [-0.05, 0) is 18.8 Å². The Balaban J connectivity index is 4.25. The van der Waals surface area contributed by atoms with Gasteiger partial charge >= 0.3 is 0 Å². The van der Waals surface area contributed by atoms with Crippen molar-refractivity contribution in [1.82, 2.24) is 5.32 Å². The Hall–Kier alpha value is -0.570. The molecule has 0 aliphatic carbocycles. The van der Waals surface area contributed by atoms with E-state index in [1.165, 1.54) is 0 Å². The highest BCUT2D eigenvalue weighted by molar-refractivity contribution is 5.77. The fourth-order valence-corrected chi connectivity index (χ4v) is 1.26. The molecule has 3 nitrogen and oxygen atoms in total. The van der Waals surface area contributed by atoms with Crippen molar-refractivity contribution in [2.45, 2.75) is 53.0 Å². The highest BCUT2D eigenvalue weighted by Gasteiger charge is 2.28. The fourth-order valence-electron chi connectivity index (χ4n) is 1.26. The third-order valence-electron chi connectivity index (χ3n) is 3.35. The molecule has 0 aliphatic rings.